The van der Waals surface area contributed by atoms with E-state index in [0.29, 0.717) is 24.9 Å². The minimum absolute atomic E-state index is 0.0837. The molecule has 5 heteroatoms. The highest BCUT2D eigenvalue weighted by molar-refractivity contribution is 8.00. The van der Waals surface area contributed by atoms with Gasteiger partial charge in [0, 0.05) is 36.4 Å². The van der Waals surface area contributed by atoms with Gasteiger partial charge in [-0.3, -0.25) is 4.79 Å². The Labute approximate surface area is 131 Å². The highest BCUT2D eigenvalue weighted by Crippen LogP contribution is 2.37. The summed E-state index contributed by atoms with van der Waals surface area (Å²) in [6, 6.07) is 8.30. The molecular weight excluding hydrogens is 284 g/mol. The van der Waals surface area contributed by atoms with E-state index in [2.05, 4.69) is 35.3 Å². The van der Waals surface area contributed by atoms with Gasteiger partial charge in [-0.25, -0.2) is 0 Å². The fourth-order valence-electron chi connectivity index (χ4n) is 2.41. The Morgan fingerprint density at radius 1 is 1.48 bits per heavy atom. The third kappa shape index (κ3) is 4.93. The second kappa shape index (κ2) is 8.29. The normalized spacial score (nSPS) is 17.4. The van der Waals surface area contributed by atoms with Gasteiger partial charge in [0.1, 0.15) is 0 Å². The van der Waals surface area contributed by atoms with Crippen molar-refractivity contribution in [3.63, 3.8) is 0 Å². The van der Waals surface area contributed by atoms with Crippen molar-refractivity contribution in [2.24, 2.45) is 0 Å². The SMILES string of the molecule is CCOCCCNC(=O)CN1C[C@H](C)Sc2ccccc21. The lowest BCUT2D eigenvalue weighted by Gasteiger charge is -2.33. The smallest absolute Gasteiger partial charge is 0.239 e. The number of hydrogen-bond acceptors (Lipinski definition) is 4. The number of nitrogens with zero attached hydrogens (tertiary/aromatic N) is 1. The van der Waals surface area contributed by atoms with Crippen LogP contribution >= 0.6 is 11.8 Å². The number of amides is 1. The summed E-state index contributed by atoms with van der Waals surface area (Å²) in [6.07, 6.45) is 0.864. The summed E-state index contributed by atoms with van der Waals surface area (Å²) in [4.78, 5) is 15.5. The summed E-state index contributed by atoms with van der Waals surface area (Å²) in [5.41, 5.74) is 1.17. The molecule has 0 unspecified atom stereocenters. The Hall–Kier alpha value is -1.20. The molecule has 4 nitrogen and oxygen atoms in total. The third-order valence-corrected chi connectivity index (χ3v) is 4.49. The predicted octanol–water partition coefficient (Wildman–Crippen LogP) is 2.53. The number of fused-ring (bicyclic) bond motifs is 1. The molecule has 1 N–H and O–H groups in total. The summed E-state index contributed by atoms with van der Waals surface area (Å²) in [6.45, 7) is 7.63. The molecule has 1 aliphatic rings. The average Bonchev–Trinajstić information content (AvgIpc) is 2.47. The second-order valence-corrected chi connectivity index (χ2v) is 6.66. The van der Waals surface area contributed by atoms with Crippen LogP contribution in [0.25, 0.3) is 0 Å². The van der Waals surface area contributed by atoms with Crippen molar-refractivity contribution in [1.82, 2.24) is 5.32 Å². The number of carbonyl (C=O) groups excluding carboxylic acids is 1. The largest absolute Gasteiger partial charge is 0.382 e. The molecule has 1 aromatic carbocycles. The summed E-state index contributed by atoms with van der Waals surface area (Å²) >= 11 is 1.88. The molecule has 0 saturated heterocycles. The monoisotopic (exact) mass is 308 g/mol. The van der Waals surface area contributed by atoms with Gasteiger partial charge in [-0.15, -0.1) is 11.8 Å². The first-order valence-corrected chi connectivity index (χ1v) is 8.43. The van der Waals surface area contributed by atoms with Gasteiger partial charge in [-0.2, -0.15) is 0 Å². The van der Waals surface area contributed by atoms with Crippen molar-refractivity contribution in [3.8, 4) is 0 Å². The number of benzene rings is 1. The van der Waals surface area contributed by atoms with Gasteiger partial charge in [0.05, 0.1) is 12.2 Å². The van der Waals surface area contributed by atoms with E-state index >= 15 is 0 Å². The molecule has 1 aliphatic heterocycles. The van der Waals surface area contributed by atoms with E-state index in [0.717, 1.165) is 19.6 Å². The van der Waals surface area contributed by atoms with Crippen LogP contribution < -0.4 is 10.2 Å². The number of nitrogens with one attached hydrogen (secondary N) is 1. The van der Waals surface area contributed by atoms with Crippen LogP contribution in [-0.4, -0.2) is 44.0 Å². The molecule has 2 rings (SSSR count). The van der Waals surface area contributed by atoms with E-state index in [9.17, 15) is 4.79 Å². The molecule has 1 heterocycles. The highest BCUT2D eigenvalue weighted by atomic mass is 32.2. The Morgan fingerprint density at radius 3 is 3.10 bits per heavy atom. The van der Waals surface area contributed by atoms with Gasteiger partial charge >= 0.3 is 0 Å². The van der Waals surface area contributed by atoms with Crippen molar-refractivity contribution in [3.05, 3.63) is 24.3 Å². The molecule has 0 fully saturated rings. The van der Waals surface area contributed by atoms with Gasteiger partial charge in [0.2, 0.25) is 5.91 Å². The number of para-hydroxylation sites is 1. The van der Waals surface area contributed by atoms with Gasteiger partial charge in [0.25, 0.3) is 0 Å². The Morgan fingerprint density at radius 2 is 2.29 bits per heavy atom. The minimum atomic E-state index is 0.0837. The quantitative estimate of drug-likeness (QED) is 0.786. The van der Waals surface area contributed by atoms with Crippen molar-refractivity contribution in [1.29, 1.82) is 0 Å². The highest BCUT2D eigenvalue weighted by Gasteiger charge is 2.23. The van der Waals surface area contributed by atoms with E-state index in [4.69, 9.17) is 4.74 Å². The van der Waals surface area contributed by atoms with Crippen LogP contribution in [0.2, 0.25) is 0 Å². The molecule has 1 amide bonds. The zero-order chi connectivity index (χ0) is 15.1. The van der Waals surface area contributed by atoms with Crippen LogP contribution in [0.4, 0.5) is 5.69 Å². The second-order valence-electron chi connectivity index (χ2n) is 5.18. The number of carbonyl (C=O) groups is 1. The van der Waals surface area contributed by atoms with Crippen molar-refractivity contribution >= 4 is 23.4 Å². The molecule has 1 aromatic rings. The molecule has 0 saturated carbocycles. The predicted molar refractivity (Wildman–Crippen MR) is 88.1 cm³/mol. The van der Waals surface area contributed by atoms with Crippen LogP contribution in [0, 0.1) is 0 Å². The van der Waals surface area contributed by atoms with Crippen LogP contribution in [0.3, 0.4) is 0 Å². The van der Waals surface area contributed by atoms with Crippen LogP contribution in [0.1, 0.15) is 20.3 Å². The Bertz CT molecular complexity index is 467. The van der Waals surface area contributed by atoms with Gasteiger partial charge in [0.15, 0.2) is 0 Å². The number of ether oxygens (including phenoxy) is 1. The lowest BCUT2D eigenvalue weighted by atomic mass is 10.2. The lowest BCUT2D eigenvalue weighted by Crippen LogP contribution is -2.42. The molecule has 0 aliphatic carbocycles. The number of hydrogen-bond donors (Lipinski definition) is 1. The van der Waals surface area contributed by atoms with Gasteiger partial charge in [-0.1, -0.05) is 19.1 Å². The molecule has 1 atom stereocenters. The fraction of sp³-hybridized carbons (Fsp3) is 0.562. The first-order chi connectivity index (χ1) is 10.2. The molecule has 0 bridgehead atoms. The van der Waals surface area contributed by atoms with Crippen molar-refractivity contribution < 1.29 is 9.53 Å². The maximum Gasteiger partial charge on any atom is 0.239 e. The van der Waals surface area contributed by atoms with Crippen LogP contribution in [-0.2, 0) is 9.53 Å². The zero-order valence-corrected chi connectivity index (χ0v) is 13.6. The van der Waals surface area contributed by atoms with E-state index in [1.165, 1.54) is 10.6 Å². The van der Waals surface area contributed by atoms with Crippen molar-refractivity contribution in [2.75, 3.05) is 37.7 Å². The average molecular weight is 308 g/mol. The van der Waals surface area contributed by atoms with Crippen LogP contribution in [0.5, 0.6) is 0 Å². The van der Waals surface area contributed by atoms with Crippen LogP contribution in [0.15, 0.2) is 29.2 Å². The minimum Gasteiger partial charge on any atom is -0.382 e. The number of thioether (sulfide) groups is 1. The van der Waals surface area contributed by atoms with Gasteiger partial charge in [-0.05, 0) is 25.5 Å². The molecule has 0 spiro atoms. The maximum atomic E-state index is 12.1. The zero-order valence-electron chi connectivity index (χ0n) is 12.8. The van der Waals surface area contributed by atoms with E-state index < -0.39 is 0 Å². The van der Waals surface area contributed by atoms with Crippen molar-refractivity contribution in [2.45, 2.75) is 30.4 Å². The summed E-state index contributed by atoms with van der Waals surface area (Å²) < 4.78 is 5.26. The number of rotatable bonds is 7. The molecule has 116 valence electrons. The molecule has 0 aromatic heterocycles. The third-order valence-electron chi connectivity index (χ3n) is 3.34. The Balaban J connectivity index is 1.83. The van der Waals surface area contributed by atoms with E-state index in [1.807, 2.05) is 24.8 Å². The molecule has 21 heavy (non-hydrogen) atoms. The molecule has 0 radical (unpaired) electrons. The lowest BCUT2D eigenvalue weighted by molar-refractivity contribution is -0.119. The topological polar surface area (TPSA) is 41.6 Å². The first kappa shape index (κ1) is 16.2. The Kier molecular flexibility index (Phi) is 6.39. The summed E-state index contributed by atoms with van der Waals surface area (Å²) in [5.74, 6) is 0.0837. The first-order valence-electron chi connectivity index (χ1n) is 7.55. The standard InChI is InChI=1S/C16H24N2O2S/c1-3-20-10-6-9-17-16(19)12-18-11-13(2)21-15-8-5-4-7-14(15)18/h4-5,7-8,13H,3,6,9-12H2,1-2H3,(H,17,19)/t13-/m0/s1. The summed E-state index contributed by atoms with van der Waals surface area (Å²) in [7, 11) is 0. The molecular formula is C16H24N2O2S. The van der Waals surface area contributed by atoms with E-state index in [-0.39, 0.29) is 5.91 Å². The summed E-state index contributed by atoms with van der Waals surface area (Å²) in [5, 5.41) is 3.47. The number of anilines is 1. The fourth-order valence-corrected chi connectivity index (χ4v) is 3.57. The van der Waals surface area contributed by atoms with Gasteiger partial charge < -0.3 is 15.0 Å². The maximum absolute atomic E-state index is 12.1. The van der Waals surface area contributed by atoms with E-state index in [1.54, 1.807) is 0 Å².